The zero-order valence-corrected chi connectivity index (χ0v) is 10.7. The van der Waals surface area contributed by atoms with Gasteiger partial charge in [0.1, 0.15) is 5.92 Å². The fraction of sp³-hybridized carbons (Fsp3) is 0.846. The second kappa shape index (κ2) is 7.29. The molecule has 0 spiro atoms. The Morgan fingerprint density at radius 1 is 1.53 bits per heavy atom. The Kier molecular flexibility index (Phi) is 5.99. The first kappa shape index (κ1) is 14.0. The standard InChI is InChI=1S/C13H22N2O2/c1-3-4-12(9-14)13(16)15-10(2)11-5-7-17-8-6-11/h10-12H,3-8H2,1-2H3,(H,15,16). The molecule has 0 saturated carbocycles. The Balaban J connectivity index is 2.41. The molecule has 4 nitrogen and oxygen atoms in total. The number of nitrogens with one attached hydrogen (secondary N) is 1. The van der Waals surface area contributed by atoms with Gasteiger partial charge >= 0.3 is 0 Å². The van der Waals surface area contributed by atoms with Crippen LogP contribution in [-0.4, -0.2) is 25.2 Å². The van der Waals surface area contributed by atoms with Gasteiger partial charge in [0.15, 0.2) is 0 Å². The van der Waals surface area contributed by atoms with E-state index in [0.29, 0.717) is 12.3 Å². The maximum Gasteiger partial charge on any atom is 0.237 e. The molecule has 1 N–H and O–H groups in total. The highest BCUT2D eigenvalue weighted by Gasteiger charge is 2.24. The second-order valence-corrected chi connectivity index (χ2v) is 4.72. The van der Waals surface area contributed by atoms with Gasteiger partial charge in [-0.15, -0.1) is 0 Å². The number of nitriles is 1. The molecular weight excluding hydrogens is 216 g/mol. The summed E-state index contributed by atoms with van der Waals surface area (Å²) in [4.78, 5) is 11.9. The first-order valence-corrected chi connectivity index (χ1v) is 6.46. The quantitative estimate of drug-likeness (QED) is 0.795. The molecule has 0 bridgehead atoms. The highest BCUT2D eigenvalue weighted by atomic mass is 16.5. The topological polar surface area (TPSA) is 62.1 Å². The van der Waals surface area contributed by atoms with E-state index in [-0.39, 0.29) is 11.9 Å². The molecule has 17 heavy (non-hydrogen) atoms. The van der Waals surface area contributed by atoms with Crippen molar-refractivity contribution >= 4 is 5.91 Å². The molecule has 96 valence electrons. The molecule has 1 aliphatic heterocycles. The number of hydrogen-bond donors (Lipinski definition) is 1. The SMILES string of the molecule is CCCC(C#N)C(=O)NC(C)C1CCOCC1. The highest BCUT2D eigenvalue weighted by Crippen LogP contribution is 2.19. The smallest absolute Gasteiger partial charge is 0.237 e. The number of amides is 1. The summed E-state index contributed by atoms with van der Waals surface area (Å²) >= 11 is 0. The van der Waals surface area contributed by atoms with Gasteiger partial charge in [0.2, 0.25) is 5.91 Å². The molecule has 0 aromatic carbocycles. The van der Waals surface area contributed by atoms with Crippen LogP contribution >= 0.6 is 0 Å². The van der Waals surface area contributed by atoms with E-state index in [1.165, 1.54) is 0 Å². The monoisotopic (exact) mass is 238 g/mol. The summed E-state index contributed by atoms with van der Waals surface area (Å²) in [6.07, 6.45) is 3.49. The minimum absolute atomic E-state index is 0.117. The molecule has 1 saturated heterocycles. The second-order valence-electron chi connectivity index (χ2n) is 4.72. The third-order valence-electron chi connectivity index (χ3n) is 3.39. The Bertz CT molecular complexity index is 280. The van der Waals surface area contributed by atoms with Crippen LogP contribution in [0.2, 0.25) is 0 Å². The van der Waals surface area contributed by atoms with E-state index >= 15 is 0 Å². The van der Waals surface area contributed by atoms with Crippen molar-refractivity contribution in [2.75, 3.05) is 13.2 Å². The van der Waals surface area contributed by atoms with Crippen molar-refractivity contribution in [3.63, 3.8) is 0 Å². The predicted molar refractivity (Wildman–Crippen MR) is 65.2 cm³/mol. The molecule has 0 radical (unpaired) electrons. The molecule has 2 unspecified atom stereocenters. The van der Waals surface area contributed by atoms with E-state index in [1.54, 1.807) is 0 Å². The van der Waals surface area contributed by atoms with Crippen LogP contribution in [0.1, 0.15) is 39.5 Å². The van der Waals surface area contributed by atoms with Crippen molar-refractivity contribution in [1.29, 1.82) is 5.26 Å². The van der Waals surface area contributed by atoms with Crippen molar-refractivity contribution < 1.29 is 9.53 Å². The van der Waals surface area contributed by atoms with E-state index in [4.69, 9.17) is 10.00 Å². The maximum absolute atomic E-state index is 11.9. The van der Waals surface area contributed by atoms with Gasteiger partial charge in [-0.1, -0.05) is 13.3 Å². The van der Waals surface area contributed by atoms with Gasteiger partial charge in [0, 0.05) is 19.3 Å². The normalized spacial score (nSPS) is 20.3. The number of nitrogens with zero attached hydrogens (tertiary/aromatic N) is 1. The lowest BCUT2D eigenvalue weighted by Gasteiger charge is -2.28. The van der Waals surface area contributed by atoms with Gasteiger partial charge in [0.25, 0.3) is 0 Å². The molecule has 1 rings (SSSR count). The third kappa shape index (κ3) is 4.35. The molecule has 2 atom stereocenters. The summed E-state index contributed by atoms with van der Waals surface area (Å²) in [5, 5.41) is 11.9. The number of carbonyl (C=O) groups excluding carboxylic acids is 1. The first-order valence-electron chi connectivity index (χ1n) is 6.46. The van der Waals surface area contributed by atoms with E-state index < -0.39 is 5.92 Å². The Morgan fingerprint density at radius 3 is 2.71 bits per heavy atom. The van der Waals surface area contributed by atoms with E-state index in [0.717, 1.165) is 32.5 Å². The summed E-state index contributed by atoms with van der Waals surface area (Å²) in [5.41, 5.74) is 0. The van der Waals surface area contributed by atoms with E-state index in [9.17, 15) is 4.79 Å². The number of hydrogen-bond acceptors (Lipinski definition) is 3. The Labute approximate surface area is 103 Å². The minimum atomic E-state index is -0.498. The highest BCUT2D eigenvalue weighted by molar-refractivity contribution is 5.81. The van der Waals surface area contributed by atoms with Gasteiger partial charge in [-0.2, -0.15) is 5.26 Å². The molecule has 1 aliphatic rings. The van der Waals surface area contributed by atoms with Gasteiger partial charge in [-0.25, -0.2) is 0 Å². The van der Waals surface area contributed by atoms with Crippen LogP contribution in [0, 0.1) is 23.2 Å². The molecule has 0 aliphatic carbocycles. The summed E-state index contributed by atoms with van der Waals surface area (Å²) in [5.74, 6) is -0.135. The summed E-state index contributed by atoms with van der Waals surface area (Å²) in [6.45, 7) is 5.57. The van der Waals surface area contributed by atoms with Crippen LogP contribution in [0.5, 0.6) is 0 Å². The average Bonchev–Trinajstić information content (AvgIpc) is 2.36. The Morgan fingerprint density at radius 2 is 2.18 bits per heavy atom. The maximum atomic E-state index is 11.9. The molecule has 1 heterocycles. The van der Waals surface area contributed by atoms with E-state index in [2.05, 4.69) is 11.4 Å². The molecule has 1 amide bonds. The number of rotatable bonds is 5. The van der Waals surface area contributed by atoms with Gasteiger partial charge in [-0.05, 0) is 32.1 Å². The van der Waals surface area contributed by atoms with Crippen LogP contribution in [0.4, 0.5) is 0 Å². The van der Waals surface area contributed by atoms with Crippen molar-refractivity contribution in [2.45, 2.75) is 45.6 Å². The van der Waals surface area contributed by atoms with Crippen LogP contribution in [0.3, 0.4) is 0 Å². The van der Waals surface area contributed by atoms with Crippen molar-refractivity contribution in [3.8, 4) is 6.07 Å². The third-order valence-corrected chi connectivity index (χ3v) is 3.39. The zero-order valence-electron chi connectivity index (χ0n) is 10.7. The van der Waals surface area contributed by atoms with Crippen molar-refractivity contribution in [1.82, 2.24) is 5.32 Å². The summed E-state index contributed by atoms with van der Waals surface area (Å²) in [7, 11) is 0. The van der Waals surface area contributed by atoms with Crippen LogP contribution in [0.15, 0.2) is 0 Å². The van der Waals surface area contributed by atoms with Crippen molar-refractivity contribution in [2.24, 2.45) is 11.8 Å². The summed E-state index contributed by atoms with van der Waals surface area (Å²) in [6, 6.07) is 2.21. The van der Waals surface area contributed by atoms with Crippen LogP contribution < -0.4 is 5.32 Å². The van der Waals surface area contributed by atoms with Crippen molar-refractivity contribution in [3.05, 3.63) is 0 Å². The lowest BCUT2D eigenvalue weighted by Crippen LogP contribution is -2.42. The molecule has 1 fully saturated rings. The van der Waals surface area contributed by atoms with Gasteiger partial charge in [0.05, 0.1) is 6.07 Å². The van der Waals surface area contributed by atoms with Crippen LogP contribution in [-0.2, 0) is 9.53 Å². The Hall–Kier alpha value is -1.08. The molecule has 0 aromatic heterocycles. The average molecular weight is 238 g/mol. The first-order chi connectivity index (χ1) is 8.19. The predicted octanol–water partition coefficient (Wildman–Crippen LogP) is 1.86. The van der Waals surface area contributed by atoms with Crippen LogP contribution in [0.25, 0.3) is 0 Å². The van der Waals surface area contributed by atoms with Gasteiger partial charge < -0.3 is 10.1 Å². The van der Waals surface area contributed by atoms with Gasteiger partial charge in [-0.3, -0.25) is 4.79 Å². The number of ether oxygens (including phenoxy) is 1. The summed E-state index contributed by atoms with van der Waals surface area (Å²) < 4.78 is 5.30. The lowest BCUT2D eigenvalue weighted by atomic mass is 9.92. The fourth-order valence-corrected chi connectivity index (χ4v) is 2.20. The molecule has 4 heteroatoms. The lowest BCUT2D eigenvalue weighted by molar-refractivity contribution is -0.124. The number of carbonyl (C=O) groups is 1. The fourth-order valence-electron chi connectivity index (χ4n) is 2.20. The van der Waals surface area contributed by atoms with E-state index in [1.807, 2.05) is 13.8 Å². The minimum Gasteiger partial charge on any atom is -0.381 e. The largest absolute Gasteiger partial charge is 0.381 e. The molecular formula is C13H22N2O2. The molecule has 0 aromatic rings. The zero-order chi connectivity index (χ0) is 12.7.